The number of carbonyl (C=O) groups excluding carboxylic acids is 1. The van der Waals surface area contributed by atoms with Crippen LogP contribution in [-0.4, -0.2) is 30.3 Å². The van der Waals surface area contributed by atoms with E-state index in [9.17, 15) is 4.79 Å². The fraction of sp³-hybridized carbons (Fsp3) is 0.118. The van der Waals surface area contributed by atoms with Crippen LogP contribution in [0.3, 0.4) is 0 Å². The Hall–Kier alpha value is -3.06. The van der Waals surface area contributed by atoms with Crippen molar-refractivity contribution in [2.45, 2.75) is 0 Å². The molecule has 0 spiro atoms. The molecule has 0 saturated heterocycles. The van der Waals surface area contributed by atoms with Gasteiger partial charge in [0.25, 0.3) is 11.8 Å². The molecule has 0 fully saturated rings. The molecule has 3 rings (SSSR count). The van der Waals surface area contributed by atoms with Crippen molar-refractivity contribution in [3.63, 3.8) is 0 Å². The number of ether oxygens (including phenoxy) is 2. The van der Waals surface area contributed by atoms with Gasteiger partial charge in [0, 0.05) is 11.6 Å². The summed E-state index contributed by atoms with van der Waals surface area (Å²) in [5, 5.41) is 10.7. The lowest BCUT2D eigenvalue weighted by Gasteiger charge is -2.07. The summed E-state index contributed by atoms with van der Waals surface area (Å²) in [7, 11) is 3.01. The van der Waals surface area contributed by atoms with Crippen LogP contribution in [0.5, 0.6) is 11.5 Å². The number of methoxy groups -OCH3 is 2. The van der Waals surface area contributed by atoms with Gasteiger partial charge in [-0.05, 0) is 24.3 Å². The number of halogens is 1. The standard InChI is InChI=1S/C17H14ClN3O4/c1-23-11-7-10(8-12(9-11)24-2)15(22)19-17-21-20-16(25-17)13-5-3-4-6-14(13)18/h3-9H,1-2H3,(H,19,21,22). The summed E-state index contributed by atoms with van der Waals surface area (Å²) in [6.07, 6.45) is 0. The van der Waals surface area contributed by atoms with Gasteiger partial charge in [-0.1, -0.05) is 28.8 Å². The van der Waals surface area contributed by atoms with Crippen LogP contribution in [0.25, 0.3) is 11.5 Å². The van der Waals surface area contributed by atoms with Crippen LogP contribution < -0.4 is 14.8 Å². The molecule has 25 heavy (non-hydrogen) atoms. The molecule has 7 nitrogen and oxygen atoms in total. The summed E-state index contributed by atoms with van der Waals surface area (Å²) < 4.78 is 15.7. The summed E-state index contributed by atoms with van der Waals surface area (Å²) in [4.78, 5) is 12.4. The maximum atomic E-state index is 12.4. The van der Waals surface area contributed by atoms with Gasteiger partial charge >= 0.3 is 6.01 Å². The Morgan fingerprint density at radius 3 is 2.40 bits per heavy atom. The lowest BCUT2D eigenvalue weighted by Crippen LogP contribution is -2.12. The lowest BCUT2D eigenvalue weighted by atomic mass is 10.2. The molecule has 0 radical (unpaired) electrons. The zero-order chi connectivity index (χ0) is 17.8. The van der Waals surface area contributed by atoms with Crippen molar-refractivity contribution >= 4 is 23.5 Å². The first-order chi connectivity index (χ1) is 12.1. The number of benzene rings is 2. The van der Waals surface area contributed by atoms with E-state index >= 15 is 0 Å². The molecule has 0 unspecified atom stereocenters. The van der Waals surface area contributed by atoms with Gasteiger partial charge in [0.2, 0.25) is 0 Å². The monoisotopic (exact) mass is 359 g/mol. The van der Waals surface area contributed by atoms with E-state index in [1.54, 1.807) is 42.5 Å². The second-order valence-corrected chi connectivity index (χ2v) is 5.35. The Bertz CT molecular complexity index is 888. The molecule has 0 saturated carbocycles. The second kappa shape index (κ2) is 7.23. The van der Waals surface area contributed by atoms with Crippen molar-refractivity contribution in [2.75, 3.05) is 19.5 Å². The van der Waals surface area contributed by atoms with Crippen LogP contribution in [0.2, 0.25) is 5.02 Å². The predicted octanol–water partition coefficient (Wildman–Crippen LogP) is 3.66. The highest BCUT2D eigenvalue weighted by molar-refractivity contribution is 6.33. The Morgan fingerprint density at radius 1 is 1.08 bits per heavy atom. The van der Waals surface area contributed by atoms with Gasteiger partial charge in [-0.25, -0.2) is 0 Å². The summed E-state index contributed by atoms with van der Waals surface area (Å²) in [5.74, 6) is 0.759. The fourth-order valence-electron chi connectivity index (χ4n) is 2.13. The maximum Gasteiger partial charge on any atom is 0.322 e. The third-order valence-corrected chi connectivity index (χ3v) is 3.69. The van der Waals surface area contributed by atoms with Gasteiger partial charge in [0.15, 0.2) is 0 Å². The molecule has 0 bridgehead atoms. The van der Waals surface area contributed by atoms with Crippen molar-refractivity contribution in [1.29, 1.82) is 0 Å². The number of hydrogen-bond donors (Lipinski definition) is 1. The molecule has 0 aliphatic heterocycles. The first-order valence-electron chi connectivity index (χ1n) is 7.23. The van der Waals surface area contributed by atoms with Crippen molar-refractivity contribution < 1.29 is 18.7 Å². The smallest absolute Gasteiger partial charge is 0.322 e. The van der Waals surface area contributed by atoms with Gasteiger partial charge < -0.3 is 13.9 Å². The zero-order valence-corrected chi connectivity index (χ0v) is 14.2. The average molecular weight is 360 g/mol. The summed E-state index contributed by atoms with van der Waals surface area (Å²) in [6, 6.07) is 11.8. The molecule has 0 aliphatic carbocycles. The molecular formula is C17H14ClN3O4. The second-order valence-electron chi connectivity index (χ2n) is 4.95. The van der Waals surface area contributed by atoms with Crippen LogP contribution >= 0.6 is 11.6 Å². The number of nitrogens with zero attached hydrogens (tertiary/aromatic N) is 2. The number of anilines is 1. The van der Waals surface area contributed by atoms with E-state index < -0.39 is 5.91 Å². The van der Waals surface area contributed by atoms with Crippen molar-refractivity contribution in [2.24, 2.45) is 0 Å². The van der Waals surface area contributed by atoms with E-state index in [1.165, 1.54) is 14.2 Å². The normalized spacial score (nSPS) is 10.4. The maximum absolute atomic E-state index is 12.4. The van der Waals surface area contributed by atoms with Crippen LogP contribution in [0, 0.1) is 0 Å². The quantitative estimate of drug-likeness (QED) is 0.748. The minimum absolute atomic E-state index is 0.0401. The molecule has 128 valence electrons. The van der Waals surface area contributed by atoms with Crippen LogP contribution in [0.1, 0.15) is 10.4 Å². The van der Waals surface area contributed by atoms with Gasteiger partial charge in [-0.3, -0.25) is 10.1 Å². The molecule has 0 aliphatic rings. The van der Waals surface area contributed by atoms with E-state index in [0.29, 0.717) is 27.6 Å². The average Bonchev–Trinajstić information content (AvgIpc) is 3.09. The largest absolute Gasteiger partial charge is 0.497 e. The van der Waals surface area contributed by atoms with Crippen LogP contribution in [0.4, 0.5) is 6.01 Å². The molecule has 0 atom stereocenters. The predicted molar refractivity (Wildman–Crippen MR) is 92.2 cm³/mol. The topological polar surface area (TPSA) is 86.5 Å². The SMILES string of the molecule is COc1cc(OC)cc(C(=O)Nc2nnc(-c3ccccc3Cl)o2)c1. The number of carbonyl (C=O) groups is 1. The molecule has 3 aromatic rings. The first kappa shape index (κ1) is 16.8. The highest BCUT2D eigenvalue weighted by Gasteiger charge is 2.15. The zero-order valence-electron chi connectivity index (χ0n) is 13.4. The van der Waals surface area contributed by atoms with Crippen LogP contribution in [-0.2, 0) is 0 Å². The minimum Gasteiger partial charge on any atom is -0.497 e. The Kier molecular flexibility index (Phi) is 4.85. The molecule has 1 heterocycles. The van der Waals surface area contributed by atoms with E-state index in [2.05, 4.69) is 15.5 Å². The van der Waals surface area contributed by atoms with Gasteiger partial charge in [-0.15, -0.1) is 5.10 Å². The van der Waals surface area contributed by atoms with Crippen molar-refractivity contribution in [3.05, 3.63) is 53.1 Å². The van der Waals surface area contributed by atoms with E-state index in [0.717, 1.165) is 0 Å². The van der Waals surface area contributed by atoms with E-state index in [4.69, 9.17) is 25.5 Å². The van der Waals surface area contributed by atoms with Crippen LogP contribution in [0.15, 0.2) is 46.9 Å². The number of nitrogens with one attached hydrogen (secondary N) is 1. The first-order valence-corrected chi connectivity index (χ1v) is 7.61. The molecule has 1 amide bonds. The van der Waals surface area contributed by atoms with Crippen molar-refractivity contribution in [1.82, 2.24) is 10.2 Å². The van der Waals surface area contributed by atoms with E-state index in [1.807, 2.05) is 0 Å². The molecule has 2 aromatic carbocycles. The summed E-state index contributed by atoms with van der Waals surface area (Å²) >= 11 is 6.09. The summed E-state index contributed by atoms with van der Waals surface area (Å²) in [6.45, 7) is 0. The Morgan fingerprint density at radius 2 is 1.76 bits per heavy atom. The van der Waals surface area contributed by atoms with Gasteiger partial charge in [0.05, 0.1) is 24.8 Å². The number of hydrogen-bond acceptors (Lipinski definition) is 6. The molecule has 8 heteroatoms. The van der Waals surface area contributed by atoms with Gasteiger partial charge in [-0.2, -0.15) is 0 Å². The molecule has 1 N–H and O–H groups in total. The minimum atomic E-state index is -0.438. The van der Waals surface area contributed by atoms with Crippen molar-refractivity contribution in [3.8, 4) is 23.0 Å². The highest BCUT2D eigenvalue weighted by atomic mass is 35.5. The Labute approximate surface area is 148 Å². The highest BCUT2D eigenvalue weighted by Crippen LogP contribution is 2.28. The van der Waals surface area contributed by atoms with E-state index in [-0.39, 0.29) is 11.9 Å². The summed E-state index contributed by atoms with van der Waals surface area (Å²) in [5.41, 5.74) is 0.911. The Balaban J connectivity index is 1.82. The third kappa shape index (κ3) is 3.72. The number of rotatable bonds is 5. The fourth-order valence-corrected chi connectivity index (χ4v) is 2.34. The lowest BCUT2D eigenvalue weighted by molar-refractivity contribution is 0.102. The third-order valence-electron chi connectivity index (χ3n) is 3.36. The number of aromatic nitrogens is 2. The molecular weight excluding hydrogens is 346 g/mol. The number of amides is 1. The van der Waals surface area contributed by atoms with Gasteiger partial charge in [0.1, 0.15) is 11.5 Å². The molecule has 1 aromatic heterocycles.